The number of amides is 1. The number of imidazole rings is 1. The summed E-state index contributed by atoms with van der Waals surface area (Å²) in [6.07, 6.45) is 3.82. The number of hydrogen-bond acceptors (Lipinski definition) is 5. The first-order valence-corrected chi connectivity index (χ1v) is 8.25. The number of rotatable bonds is 6. The molecule has 3 rings (SSSR count). The Hall–Kier alpha value is -1.73. The zero-order valence-corrected chi connectivity index (χ0v) is 13.9. The van der Waals surface area contributed by atoms with Gasteiger partial charge in [0, 0.05) is 19.7 Å². The van der Waals surface area contributed by atoms with Gasteiger partial charge in [0.1, 0.15) is 5.01 Å². The summed E-state index contributed by atoms with van der Waals surface area (Å²) >= 11 is 1.52. The maximum atomic E-state index is 12.1. The SMILES string of the molecule is CCCC1=CC(=O)N(Cc2c(C)nc3sc(COC)nn23)C1. The molecule has 0 saturated carbocycles. The van der Waals surface area contributed by atoms with Gasteiger partial charge in [0.2, 0.25) is 10.9 Å². The van der Waals surface area contributed by atoms with E-state index in [2.05, 4.69) is 17.0 Å². The molecule has 0 aromatic carbocycles. The molecule has 1 aliphatic heterocycles. The molecule has 0 bridgehead atoms. The third-order valence-corrected chi connectivity index (χ3v) is 4.63. The van der Waals surface area contributed by atoms with Crippen LogP contribution in [0.2, 0.25) is 0 Å². The van der Waals surface area contributed by atoms with Gasteiger partial charge in [0.25, 0.3) is 0 Å². The van der Waals surface area contributed by atoms with Crippen LogP contribution in [0.25, 0.3) is 4.96 Å². The van der Waals surface area contributed by atoms with Crippen molar-refractivity contribution in [2.75, 3.05) is 13.7 Å². The van der Waals surface area contributed by atoms with E-state index in [-0.39, 0.29) is 5.91 Å². The lowest BCUT2D eigenvalue weighted by Crippen LogP contribution is -2.26. The first kappa shape index (κ1) is 15.2. The molecule has 0 radical (unpaired) electrons. The molecule has 0 N–H and O–H groups in total. The summed E-state index contributed by atoms with van der Waals surface area (Å²) in [5, 5.41) is 5.43. The summed E-state index contributed by atoms with van der Waals surface area (Å²) in [6, 6.07) is 0. The third kappa shape index (κ3) is 2.78. The average molecular weight is 320 g/mol. The highest BCUT2D eigenvalue weighted by atomic mass is 32.1. The maximum Gasteiger partial charge on any atom is 0.247 e. The van der Waals surface area contributed by atoms with Gasteiger partial charge in [0.15, 0.2) is 0 Å². The molecule has 0 fully saturated rings. The van der Waals surface area contributed by atoms with E-state index in [1.807, 2.05) is 16.3 Å². The first-order chi connectivity index (χ1) is 10.6. The van der Waals surface area contributed by atoms with E-state index in [1.54, 1.807) is 13.2 Å². The number of ether oxygens (including phenoxy) is 1. The topological polar surface area (TPSA) is 59.7 Å². The van der Waals surface area contributed by atoms with Gasteiger partial charge in [-0.15, -0.1) is 0 Å². The van der Waals surface area contributed by atoms with E-state index in [0.717, 1.165) is 34.2 Å². The van der Waals surface area contributed by atoms with Gasteiger partial charge in [-0.1, -0.05) is 24.7 Å². The molecule has 118 valence electrons. The zero-order valence-electron chi connectivity index (χ0n) is 13.1. The van der Waals surface area contributed by atoms with Gasteiger partial charge in [-0.2, -0.15) is 5.10 Å². The molecule has 22 heavy (non-hydrogen) atoms. The summed E-state index contributed by atoms with van der Waals surface area (Å²) in [5.41, 5.74) is 3.12. The zero-order chi connectivity index (χ0) is 15.7. The van der Waals surface area contributed by atoms with Crippen molar-refractivity contribution in [3.63, 3.8) is 0 Å². The Bertz CT molecular complexity index is 731. The minimum Gasteiger partial charge on any atom is -0.377 e. The minimum absolute atomic E-state index is 0.0881. The Morgan fingerprint density at radius 3 is 3.00 bits per heavy atom. The lowest BCUT2D eigenvalue weighted by molar-refractivity contribution is -0.125. The minimum atomic E-state index is 0.0881. The van der Waals surface area contributed by atoms with Crippen molar-refractivity contribution in [1.82, 2.24) is 19.5 Å². The van der Waals surface area contributed by atoms with Crippen molar-refractivity contribution in [3.8, 4) is 0 Å². The van der Waals surface area contributed by atoms with Crippen LogP contribution < -0.4 is 0 Å². The molecule has 0 unspecified atom stereocenters. The van der Waals surface area contributed by atoms with E-state index in [0.29, 0.717) is 19.7 Å². The molecule has 0 atom stereocenters. The van der Waals surface area contributed by atoms with Crippen molar-refractivity contribution >= 4 is 22.2 Å². The molecular weight excluding hydrogens is 300 g/mol. The quantitative estimate of drug-likeness (QED) is 0.819. The number of methoxy groups -OCH3 is 1. The van der Waals surface area contributed by atoms with Gasteiger partial charge in [-0.05, 0) is 18.9 Å². The molecule has 6 nitrogen and oxygen atoms in total. The number of hydrogen-bond donors (Lipinski definition) is 0. The van der Waals surface area contributed by atoms with Gasteiger partial charge in [0.05, 0.1) is 24.5 Å². The smallest absolute Gasteiger partial charge is 0.247 e. The van der Waals surface area contributed by atoms with Crippen molar-refractivity contribution in [1.29, 1.82) is 0 Å². The average Bonchev–Trinajstić information content (AvgIpc) is 3.08. The molecule has 0 spiro atoms. The highest BCUT2D eigenvalue weighted by Gasteiger charge is 2.24. The van der Waals surface area contributed by atoms with Crippen molar-refractivity contribution < 1.29 is 9.53 Å². The largest absolute Gasteiger partial charge is 0.377 e. The molecule has 0 saturated heterocycles. The van der Waals surface area contributed by atoms with Crippen LogP contribution in [0.4, 0.5) is 0 Å². The summed E-state index contributed by atoms with van der Waals surface area (Å²) in [5.74, 6) is 0.0881. The molecule has 2 aromatic heterocycles. The van der Waals surface area contributed by atoms with Crippen molar-refractivity contribution in [3.05, 3.63) is 28.0 Å². The van der Waals surface area contributed by atoms with E-state index < -0.39 is 0 Å². The fraction of sp³-hybridized carbons (Fsp3) is 0.533. The summed E-state index contributed by atoms with van der Waals surface area (Å²) in [4.78, 5) is 19.4. The van der Waals surface area contributed by atoms with Crippen LogP contribution in [0.1, 0.15) is 36.2 Å². The second-order valence-corrected chi connectivity index (χ2v) is 6.55. The van der Waals surface area contributed by atoms with E-state index >= 15 is 0 Å². The predicted molar refractivity (Wildman–Crippen MR) is 84.7 cm³/mol. The van der Waals surface area contributed by atoms with Gasteiger partial charge >= 0.3 is 0 Å². The van der Waals surface area contributed by atoms with Crippen LogP contribution in [0, 0.1) is 6.92 Å². The third-order valence-electron chi connectivity index (χ3n) is 3.75. The van der Waals surface area contributed by atoms with Crippen molar-refractivity contribution in [2.24, 2.45) is 0 Å². The lowest BCUT2D eigenvalue weighted by Gasteiger charge is -2.16. The Balaban J connectivity index is 1.82. The monoisotopic (exact) mass is 320 g/mol. The summed E-state index contributed by atoms with van der Waals surface area (Å²) in [7, 11) is 1.65. The van der Waals surface area contributed by atoms with Gasteiger partial charge in [-0.25, -0.2) is 9.50 Å². The van der Waals surface area contributed by atoms with Crippen LogP contribution in [0.5, 0.6) is 0 Å². The molecule has 3 heterocycles. The lowest BCUT2D eigenvalue weighted by atomic mass is 10.2. The summed E-state index contributed by atoms with van der Waals surface area (Å²) in [6.45, 7) is 5.84. The molecule has 7 heteroatoms. The highest BCUT2D eigenvalue weighted by molar-refractivity contribution is 7.16. The number of carbonyl (C=O) groups excluding carboxylic acids is 1. The van der Waals surface area contributed by atoms with Crippen LogP contribution in [0.3, 0.4) is 0 Å². The Morgan fingerprint density at radius 1 is 1.45 bits per heavy atom. The fourth-order valence-corrected chi connectivity index (χ4v) is 3.65. The predicted octanol–water partition coefficient (Wildman–Crippen LogP) is 2.31. The second-order valence-electron chi connectivity index (χ2n) is 5.51. The van der Waals surface area contributed by atoms with Gasteiger partial charge in [-0.3, -0.25) is 4.79 Å². The number of aryl methyl sites for hydroxylation is 1. The van der Waals surface area contributed by atoms with E-state index in [1.165, 1.54) is 16.9 Å². The van der Waals surface area contributed by atoms with Crippen LogP contribution in [-0.4, -0.2) is 39.1 Å². The Morgan fingerprint density at radius 2 is 2.27 bits per heavy atom. The number of nitrogens with zero attached hydrogens (tertiary/aromatic N) is 4. The first-order valence-electron chi connectivity index (χ1n) is 7.43. The standard InChI is InChI=1S/C15H20N4O2S/c1-4-5-11-6-14(20)18(7-11)8-12-10(2)16-15-19(12)17-13(22-15)9-21-3/h6H,4-5,7-9H2,1-3H3. The number of aromatic nitrogens is 3. The van der Waals surface area contributed by atoms with Crippen LogP contribution in [0.15, 0.2) is 11.6 Å². The van der Waals surface area contributed by atoms with Gasteiger partial charge < -0.3 is 9.64 Å². The van der Waals surface area contributed by atoms with E-state index in [9.17, 15) is 4.79 Å². The Kier molecular flexibility index (Phi) is 4.26. The molecular formula is C15H20N4O2S. The number of fused-ring (bicyclic) bond motifs is 1. The number of carbonyl (C=O) groups is 1. The molecule has 0 aliphatic carbocycles. The van der Waals surface area contributed by atoms with Crippen LogP contribution >= 0.6 is 11.3 Å². The van der Waals surface area contributed by atoms with E-state index in [4.69, 9.17) is 4.74 Å². The van der Waals surface area contributed by atoms with Crippen LogP contribution in [-0.2, 0) is 22.7 Å². The molecule has 1 amide bonds. The Labute approximate surface area is 133 Å². The maximum absolute atomic E-state index is 12.1. The molecule has 1 aliphatic rings. The summed E-state index contributed by atoms with van der Waals surface area (Å²) < 4.78 is 6.97. The molecule has 2 aromatic rings. The fourth-order valence-electron chi connectivity index (χ4n) is 2.72. The normalized spacial score (nSPS) is 15.1. The van der Waals surface area contributed by atoms with Crippen molar-refractivity contribution in [2.45, 2.75) is 39.8 Å². The highest BCUT2D eigenvalue weighted by Crippen LogP contribution is 2.23. The second kappa shape index (κ2) is 6.18.